The van der Waals surface area contributed by atoms with Crippen LogP contribution < -0.4 is 5.73 Å². The van der Waals surface area contributed by atoms with E-state index >= 15 is 0 Å². The molecule has 15 heavy (non-hydrogen) atoms. The Hall–Kier alpha value is -1.22. The van der Waals surface area contributed by atoms with Crippen molar-refractivity contribution >= 4 is 5.69 Å². The third kappa shape index (κ3) is 3.44. The zero-order chi connectivity index (χ0) is 11.3. The molecule has 0 saturated heterocycles. The van der Waals surface area contributed by atoms with Gasteiger partial charge in [-0.25, -0.2) is 0 Å². The van der Waals surface area contributed by atoms with Crippen LogP contribution in [-0.2, 0) is 6.42 Å². The molecule has 3 nitrogen and oxygen atoms in total. The van der Waals surface area contributed by atoms with Crippen LogP contribution in [0.15, 0.2) is 18.2 Å². The zero-order valence-corrected chi connectivity index (χ0v) is 9.53. The van der Waals surface area contributed by atoms with Gasteiger partial charge in [-0.2, -0.15) is 0 Å². The number of hydrogen-bond acceptors (Lipinski definition) is 3. The van der Waals surface area contributed by atoms with Crippen molar-refractivity contribution in [3.05, 3.63) is 23.8 Å². The SMILES string of the molecule is CCN(CC)CCc1ccc(O)cc1N. The van der Waals surface area contributed by atoms with Crippen LogP contribution in [0, 0.1) is 0 Å². The molecule has 0 radical (unpaired) electrons. The van der Waals surface area contributed by atoms with Crippen LogP contribution in [0.25, 0.3) is 0 Å². The number of nitrogens with zero attached hydrogens (tertiary/aromatic N) is 1. The first-order chi connectivity index (χ1) is 7.17. The lowest BCUT2D eigenvalue weighted by atomic mass is 10.1. The topological polar surface area (TPSA) is 49.5 Å². The lowest BCUT2D eigenvalue weighted by molar-refractivity contribution is 0.308. The average molecular weight is 208 g/mol. The van der Waals surface area contributed by atoms with E-state index in [-0.39, 0.29) is 5.75 Å². The molecule has 0 spiro atoms. The molecule has 84 valence electrons. The Morgan fingerprint density at radius 2 is 1.93 bits per heavy atom. The summed E-state index contributed by atoms with van der Waals surface area (Å²) in [6, 6.07) is 5.19. The molecular formula is C12H20N2O. The number of hydrogen-bond donors (Lipinski definition) is 2. The third-order valence-electron chi connectivity index (χ3n) is 2.72. The quantitative estimate of drug-likeness (QED) is 0.726. The smallest absolute Gasteiger partial charge is 0.117 e. The first kappa shape index (κ1) is 11.9. The van der Waals surface area contributed by atoms with Gasteiger partial charge in [0.25, 0.3) is 0 Å². The first-order valence-electron chi connectivity index (χ1n) is 5.47. The highest BCUT2D eigenvalue weighted by atomic mass is 16.3. The predicted octanol–water partition coefficient (Wildman–Crippen LogP) is 1.86. The maximum atomic E-state index is 9.22. The number of phenols is 1. The Labute approximate surface area is 91.5 Å². The molecule has 0 saturated carbocycles. The number of anilines is 1. The normalized spacial score (nSPS) is 10.9. The molecule has 0 atom stereocenters. The minimum atomic E-state index is 0.235. The lowest BCUT2D eigenvalue weighted by Gasteiger charge is -2.18. The molecule has 3 N–H and O–H groups in total. The van der Waals surface area contributed by atoms with Gasteiger partial charge in [0, 0.05) is 18.3 Å². The highest BCUT2D eigenvalue weighted by Crippen LogP contribution is 2.19. The largest absolute Gasteiger partial charge is 0.508 e. The van der Waals surface area contributed by atoms with Crippen molar-refractivity contribution < 1.29 is 5.11 Å². The van der Waals surface area contributed by atoms with Crippen LogP contribution in [0.3, 0.4) is 0 Å². The summed E-state index contributed by atoms with van der Waals surface area (Å²) in [5.74, 6) is 0.235. The van der Waals surface area contributed by atoms with Crippen LogP contribution in [0.1, 0.15) is 19.4 Å². The number of likely N-dealkylation sites (N-methyl/N-ethyl adjacent to an activating group) is 1. The van der Waals surface area contributed by atoms with Crippen molar-refractivity contribution in [3.8, 4) is 5.75 Å². The van der Waals surface area contributed by atoms with Gasteiger partial charge in [0.2, 0.25) is 0 Å². The highest BCUT2D eigenvalue weighted by molar-refractivity contribution is 5.51. The van der Waals surface area contributed by atoms with Gasteiger partial charge < -0.3 is 15.7 Å². The second-order valence-corrected chi connectivity index (χ2v) is 3.66. The molecule has 0 aromatic heterocycles. The molecule has 0 amide bonds. The first-order valence-corrected chi connectivity index (χ1v) is 5.47. The van der Waals surface area contributed by atoms with Crippen molar-refractivity contribution in [2.45, 2.75) is 20.3 Å². The van der Waals surface area contributed by atoms with Gasteiger partial charge in [0.1, 0.15) is 5.75 Å². The van der Waals surface area contributed by atoms with Crippen LogP contribution in [0.2, 0.25) is 0 Å². The van der Waals surface area contributed by atoms with E-state index in [4.69, 9.17) is 5.73 Å². The van der Waals surface area contributed by atoms with E-state index in [0.29, 0.717) is 5.69 Å². The van der Waals surface area contributed by atoms with Gasteiger partial charge in [-0.3, -0.25) is 0 Å². The van der Waals surface area contributed by atoms with E-state index in [1.54, 1.807) is 12.1 Å². The fourth-order valence-electron chi connectivity index (χ4n) is 1.63. The van der Waals surface area contributed by atoms with Crippen molar-refractivity contribution in [1.29, 1.82) is 0 Å². The Kier molecular flexibility index (Phi) is 4.43. The minimum Gasteiger partial charge on any atom is -0.508 e. The molecule has 0 aliphatic rings. The monoisotopic (exact) mass is 208 g/mol. The van der Waals surface area contributed by atoms with Crippen LogP contribution in [-0.4, -0.2) is 29.6 Å². The van der Waals surface area contributed by atoms with Crippen LogP contribution in [0.4, 0.5) is 5.69 Å². The summed E-state index contributed by atoms with van der Waals surface area (Å²) >= 11 is 0. The Morgan fingerprint density at radius 3 is 2.47 bits per heavy atom. The average Bonchev–Trinajstić information content (AvgIpc) is 2.22. The molecule has 0 aliphatic carbocycles. The molecule has 1 rings (SSSR count). The number of benzene rings is 1. The molecule has 3 heteroatoms. The number of phenolic OH excluding ortho intramolecular Hbond substituents is 1. The Bertz CT molecular complexity index is 308. The van der Waals surface area contributed by atoms with Gasteiger partial charge in [0.05, 0.1) is 0 Å². The van der Waals surface area contributed by atoms with Crippen molar-refractivity contribution in [3.63, 3.8) is 0 Å². The number of aromatic hydroxyl groups is 1. The van der Waals surface area contributed by atoms with Gasteiger partial charge in [-0.05, 0) is 31.1 Å². The molecule has 0 unspecified atom stereocenters. The second kappa shape index (κ2) is 5.61. The molecule has 0 bridgehead atoms. The summed E-state index contributed by atoms with van der Waals surface area (Å²) in [6.45, 7) is 7.46. The van der Waals surface area contributed by atoms with E-state index in [2.05, 4.69) is 18.7 Å². The fraction of sp³-hybridized carbons (Fsp3) is 0.500. The van der Waals surface area contributed by atoms with Crippen LogP contribution >= 0.6 is 0 Å². The van der Waals surface area contributed by atoms with Gasteiger partial charge >= 0.3 is 0 Å². The molecule has 1 aromatic rings. The Morgan fingerprint density at radius 1 is 1.27 bits per heavy atom. The molecule has 0 heterocycles. The van der Waals surface area contributed by atoms with E-state index < -0.39 is 0 Å². The predicted molar refractivity (Wildman–Crippen MR) is 64.0 cm³/mol. The maximum Gasteiger partial charge on any atom is 0.117 e. The van der Waals surface area contributed by atoms with Crippen LogP contribution in [0.5, 0.6) is 5.75 Å². The van der Waals surface area contributed by atoms with E-state index in [9.17, 15) is 5.11 Å². The summed E-state index contributed by atoms with van der Waals surface area (Å²) in [5.41, 5.74) is 7.61. The number of rotatable bonds is 5. The second-order valence-electron chi connectivity index (χ2n) is 3.66. The zero-order valence-electron chi connectivity index (χ0n) is 9.53. The summed E-state index contributed by atoms with van der Waals surface area (Å²) in [4.78, 5) is 2.35. The molecule has 1 aromatic carbocycles. The molecular weight excluding hydrogens is 188 g/mol. The van der Waals surface area contributed by atoms with E-state index in [0.717, 1.165) is 31.6 Å². The third-order valence-corrected chi connectivity index (χ3v) is 2.72. The van der Waals surface area contributed by atoms with Crippen molar-refractivity contribution in [1.82, 2.24) is 4.90 Å². The molecule has 0 fully saturated rings. The van der Waals surface area contributed by atoms with Gasteiger partial charge in [-0.15, -0.1) is 0 Å². The minimum absolute atomic E-state index is 0.235. The number of nitrogens with two attached hydrogens (primary N) is 1. The van der Waals surface area contributed by atoms with E-state index in [1.807, 2.05) is 6.07 Å². The fourth-order valence-corrected chi connectivity index (χ4v) is 1.63. The standard InChI is InChI=1S/C12H20N2O/c1-3-14(4-2)8-7-10-5-6-11(15)9-12(10)13/h5-6,9,15H,3-4,7-8,13H2,1-2H3. The maximum absolute atomic E-state index is 9.22. The Balaban J connectivity index is 2.57. The van der Waals surface area contributed by atoms with Gasteiger partial charge in [-0.1, -0.05) is 19.9 Å². The summed E-state index contributed by atoms with van der Waals surface area (Å²) in [7, 11) is 0. The van der Waals surface area contributed by atoms with E-state index in [1.165, 1.54) is 0 Å². The van der Waals surface area contributed by atoms with Gasteiger partial charge in [0.15, 0.2) is 0 Å². The van der Waals surface area contributed by atoms with Crippen molar-refractivity contribution in [2.24, 2.45) is 0 Å². The lowest BCUT2D eigenvalue weighted by Crippen LogP contribution is -2.25. The highest BCUT2D eigenvalue weighted by Gasteiger charge is 2.03. The van der Waals surface area contributed by atoms with Crippen molar-refractivity contribution in [2.75, 3.05) is 25.4 Å². The summed E-state index contributed by atoms with van der Waals surface area (Å²) in [6.07, 6.45) is 0.938. The molecule has 0 aliphatic heterocycles. The summed E-state index contributed by atoms with van der Waals surface area (Å²) in [5, 5.41) is 9.22. The summed E-state index contributed by atoms with van der Waals surface area (Å²) < 4.78 is 0. The number of nitrogen functional groups attached to an aromatic ring is 1.